The molecule has 0 bridgehead atoms. The number of fused-ring (bicyclic) bond motifs is 1. The Labute approximate surface area is 190 Å². The summed E-state index contributed by atoms with van der Waals surface area (Å²) < 4.78 is 5.61. The topological polar surface area (TPSA) is 63.6 Å². The van der Waals surface area contributed by atoms with Gasteiger partial charge >= 0.3 is 11.9 Å². The molecule has 0 fully saturated rings. The van der Waals surface area contributed by atoms with Crippen LogP contribution in [-0.4, -0.2) is 23.1 Å². The van der Waals surface area contributed by atoms with Crippen molar-refractivity contribution in [1.82, 2.24) is 0 Å². The SMILES string of the molecule is CCC(C)OC(=O)C(CCCCc1ccccc1)(Cc1cccc2ccccc12)C(=O)O. The second-order valence-electron chi connectivity index (χ2n) is 8.52. The highest BCUT2D eigenvalue weighted by Gasteiger charge is 2.48. The molecule has 0 saturated carbocycles. The van der Waals surface area contributed by atoms with Crippen molar-refractivity contribution in [2.75, 3.05) is 0 Å². The van der Waals surface area contributed by atoms with E-state index in [1.54, 1.807) is 6.92 Å². The van der Waals surface area contributed by atoms with E-state index in [1.165, 1.54) is 5.56 Å². The molecular weight excluding hydrogens is 400 g/mol. The fourth-order valence-corrected chi connectivity index (χ4v) is 4.08. The van der Waals surface area contributed by atoms with Crippen LogP contribution in [0.25, 0.3) is 10.8 Å². The Hall–Kier alpha value is -3.14. The molecule has 4 nitrogen and oxygen atoms in total. The summed E-state index contributed by atoms with van der Waals surface area (Å²) in [4.78, 5) is 25.9. The summed E-state index contributed by atoms with van der Waals surface area (Å²) in [6.45, 7) is 3.72. The molecular formula is C28H32O4. The van der Waals surface area contributed by atoms with Gasteiger partial charge in [-0.3, -0.25) is 9.59 Å². The third kappa shape index (κ3) is 5.56. The molecule has 0 aliphatic rings. The number of hydrogen-bond donors (Lipinski definition) is 1. The molecule has 4 heteroatoms. The van der Waals surface area contributed by atoms with Crippen LogP contribution in [0.5, 0.6) is 0 Å². The summed E-state index contributed by atoms with van der Waals surface area (Å²) in [5.41, 5.74) is 0.462. The lowest BCUT2D eigenvalue weighted by Gasteiger charge is -2.29. The summed E-state index contributed by atoms with van der Waals surface area (Å²) in [5.74, 6) is -1.74. The van der Waals surface area contributed by atoms with E-state index < -0.39 is 17.4 Å². The van der Waals surface area contributed by atoms with E-state index in [0.717, 1.165) is 29.2 Å². The zero-order chi connectivity index (χ0) is 23.0. The van der Waals surface area contributed by atoms with Gasteiger partial charge in [-0.1, -0.05) is 86.1 Å². The molecule has 0 aromatic heterocycles. The number of carboxylic acid groups (broad SMARTS) is 1. The number of ether oxygens (including phenoxy) is 1. The first-order valence-electron chi connectivity index (χ1n) is 11.4. The highest BCUT2D eigenvalue weighted by molar-refractivity contribution is 6.00. The van der Waals surface area contributed by atoms with Gasteiger partial charge in [0.15, 0.2) is 5.41 Å². The summed E-state index contributed by atoms with van der Waals surface area (Å²) in [7, 11) is 0. The molecule has 3 aromatic carbocycles. The van der Waals surface area contributed by atoms with Crippen LogP contribution in [0, 0.1) is 5.41 Å². The van der Waals surface area contributed by atoms with Crippen molar-refractivity contribution in [3.05, 3.63) is 83.9 Å². The molecule has 1 N–H and O–H groups in total. The number of hydrogen-bond acceptors (Lipinski definition) is 3. The van der Waals surface area contributed by atoms with Crippen LogP contribution >= 0.6 is 0 Å². The molecule has 0 saturated heterocycles. The van der Waals surface area contributed by atoms with Gasteiger partial charge in [-0.05, 0) is 60.9 Å². The van der Waals surface area contributed by atoms with E-state index in [0.29, 0.717) is 12.8 Å². The van der Waals surface area contributed by atoms with Crippen LogP contribution in [0.3, 0.4) is 0 Å². The summed E-state index contributed by atoms with van der Waals surface area (Å²) in [6.07, 6.45) is 2.97. The minimum Gasteiger partial charge on any atom is -0.480 e. The number of carbonyl (C=O) groups is 2. The van der Waals surface area contributed by atoms with E-state index in [9.17, 15) is 14.7 Å². The van der Waals surface area contributed by atoms with Crippen molar-refractivity contribution in [1.29, 1.82) is 0 Å². The second kappa shape index (κ2) is 10.9. The maximum atomic E-state index is 13.3. The first-order chi connectivity index (χ1) is 15.5. The van der Waals surface area contributed by atoms with Gasteiger partial charge in [0.05, 0.1) is 6.10 Å². The van der Waals surface area contributed by atoms with Gasteiger partial charge in [0.2, 0.25) is 0 Å². The number of unbranched alkanes of at least 4 members (excludes halogenated alkanes) is 1. The number of carboxylic acids is 1. The zero-order valence-electron chi connectivity index (χ0n) is 18.9. The smallest absolute Gasteiger partial charge is 0.324 e. The maximum Gasteiger partial charge on any atom is 0.324 e. The lowest BCUT2D eigenvalue weighted by molar-refractivity contribution is -0.173. The van der Waals surface area contributed by atoms with Crippen LogP contribution in [0.4, 0.5) is 0 Å². The zero-order valence-corrected chi connectivity index (χ0v) is 18.9. The average molecular weight is 433 g/mol. The van der Waals surface area contributed by atoms with E-state index in [4.69, 9.17) is 4.74 Å². The number of carbonyl (C=O) groups excluding carboxylic acids is 1. The normalized spacial score (nSPS) is 13.9. The second-order valence-corrected chi connectivity index (χ2v) is 8.52. The Balaban J connectivity index is 1.87. The van der Waals surface area contributed by atoms with Crippen molar-refractivity contribution in [2.24, 2.45) is 5.41 Å². The van der Waals surface area contributed by atoms with Crippen LogP contribution in [0.15, 0.2) is 72.8 Å². The Morgan fingerprint density at radius 2 is 1.62 bits per heavy atom. The van der Waals surface area contributed by atoms with Crippen LogP contribution in [-0.2, 0) is 27.2 Å². The van der Waals surface area contributed by atoms with Gasteiger partial charge < -0.3 is 9.84 Å². The first kappa shape index (κ1) is 23.5. The monoisotopic (exact) mass is 432 g/mol. The number of esters is 1. The Kier molecular flexibility index (Phi) is 8.04. The third-order valence-electron chi connectivity index (χ3n) is 6.22. The fourth-order valence-electron chi connectivity index (χ4n) is 4.08. The van der Waals surface area contributed by atoms with Gasteiger partial charge in [-0.25, -0.2) is 0 Å². The van der Waals surface area contributed by atoms with Gasteiger partial charge in [0, 0.05) is 0 Å². The predicted molar refractivity (Wildman–Crippen MR) is 128 cm³/mol. The van der Waals surface area contributed by atoms with Crippen molar-refractivity contribution in [3.63, 3.8) is 0 Å². The van der Waals surface area contributed by atoms with Crippen LogP contribution in [0.1, 0.15) is 50.7 Å². The molecule has 0 aliphatic carbocycles. The fraction of sp³-hybridized carbons (Fsp3) is 0.357. The van der Waals surface area contributed by atoms with E-state index in [-0.39, 0.29) is 18.9 Å². The molecule has 168 valence electrons. The average Bonchev–Trinajstić information content (AvgIpc) is 2.81. The molecule has 3 aromatic rings. The van der Waals surface area contributed by atoms with Gasteiger partial charge in [0.25, 0.3) is 0 Å². The molecule has 0 radical (unpaired) electrons. The lowest BCUT2D eigenvalue weighted by atomic mass is 9.76. The van der Waals surface area contributed by atoms with E-state index in [1.807, 2.05) is 67.6 Å². The lowest BCUT2D eigenvalue weighted by Crippen LogP contribution is -2.44. The van der Waals surface area contributed by atoms with Crippen molar-refractivity contribution in [2.45, 2.75) is 58.5 Å². The van der Waals surface area contributed by atoms with Crippen LogP contribution < -0.4 is 0 Å². The molecule has 2 unspecified atom stereocenters. The highest BCUT2D eigenvalue weighted by Crippen LogP contribution is 2.35. The number of aliphatic carboxylic acids is 1. The van der Waals surface area contributed by atoms with E-state index >= 15 is 0 Å². The molecule has 0 heterocycles. The summed E-state index contributed by atoms with van der Waals surface area (Å²) in [5, 5.41) is 12.3. The minimum atomic E-state index is -1.61. The third-order valence-corrected chi connectivity index (χ3v) is 6.22. The number of benzene rings is 3. The molecule has 3 rings (SSSR count). The Bertz CT molecular complexity index is 1040. The molecule has 0 amide bonds. The Morgan fingerprint density at radius 3 is 2.34 bits per heavy atom. The van der Waals surface area contributed by atoms with Crippen molar-refractivity contribution in [3.8, 4) is 0 Å². The van der Waals surface area contributed by atoms with E-state index in [2.05, 4.69) is 12.1 Å². The maximum absolute atomic E-state index is 13.3. The number of rotatable bonds is 11. The largest absolute Gasteiger partial charge is 0.480 e. The summed E-state index contributed by atoms with van der Waals surface area (Å²) in [6, 6.07) is 23.8. The van der Waals surface area contributed by atoms with Gasteiger partial charge in [-0.2, -0.15) is 0 Å². The molecule has 32 heavy (non-hydrogen) atoms. The molecule has 0 spiro atoms. The molecule has 2 atom stereocenters. The molecule has 0 aliphatic heterocycles. The van der Waals surface area contributed by atoms with Gasteiger partial charge in [-0.15, -0.1) is 0 Å². The standard InChI is InChI=1S/C28H32O4/c1-3-21(2)32-27(31)28(26(29)30,19-10-9-14-22-12-5-4-6-13-22)20-24-17-11-16-23-15-7-8-18-25(23)24/h4-8,11-13,15-18,21H,3,9-10,14,19-20H2,1-2H3,(H,29,30). The first-order valence-corrected chi connectivity index (χ1v) is 11.4. The minimum absolute atomic E-state index is 0.115. The quantitative estimate of drug-likeness (QED) is 0.222. The van der Waals surface area contributed by atoms with Gasteiger partial charge in [0.1, 0.15) is 0 Å². The highest BCUT2D eigenvalue weighted by atomic mass is 16.5. The summed E-state index contributed by atoms with van der Waals surface area (Å²) >= 11 is 0. The predicted octanol–water partition coefficient (Wildman–Crippen LogP) is 6.21. The van der Waals surface area contributed by atoms with Crippen molar-refractivity contribution < 1.29 is 19.4 Å². The number of aryl methyl sites for hydroxylation is 1. The Morgan fingerprint density at radius 1 is 0.938 bits per heavy atom. The van der Waals surface area contributed by atoms with Crippen molar-refractivity contribution >= 4 is 22.7 Å². The van der Waals surface area contributed by atoms with Crippen LogP contribution in [0.2, 0.25) is 0 Å².